The molecule has 0 fully saturated rings. The third-order valence-corrected chi connectivity index (χ3v) is 3.87. The van der Waals surface area contributed by atoms with Gasteiger partial charge in [-0.1, -0.05) is 31.2 Å². The Morgan fingerprint density at radius 1 is 0.862 bits per heavy atom. The maximum Gasteiger partial charge on any atom is 0.305 e. The molecule has 0 aliphatic rings. The largest absolute Gasteiger partial charge is 0.494 e. The number of furan rings is 1. The van der Waals surface area contributed by atoms with E-state index in [-0.39, 0.29) is 12.4 Å². The zero-order valence-corrected chi connectivity index (χ0v) is 16.0. The number of hydrazine groups is 1. The molecule has 0 aliphatic carbocycles. The normalized spacial score (nSPS) is 10.2. The Kier molecular flexibility index (Phi) is 6.89. The van der Waals surface area contributed by atoms with Gasteiger partial charge in [0.25, 0.3) is 5.91 Å². The zero-order valence-electron chi connectivity index (χ0n) is 16.0. The Hall–Kier alpha value is -3.74. The van der Waals surface area contributed by atoms with Gasteiger partial charge >= 0.3 is 5.91 Å². The van der Waals surface area contributed by atoms with Gasteiger partial charge in [-0.15, -0.1) is 0 Å². The van der Waals surface area contributed by atoms with Crippen molar-refractivity contribution in [3.05, 3.63) is 83.8 Å². The van der Waals surface area contributed by atoms with Crippen molar-refractivity contribution in [2.24, 2.45) is 0 Å². The quantitative estimate of drug-likeness (QED) is 0.569. The van der Waals surface area contributed by atoms with Crippen LogP contribution in [-0.4, -0.2) is 18.4 Å². The molecule has 0 atom stereocenters. The molecule has 2 N–H and O–H groups in total. The topological polar surface area (TPSA) is 89.8 Å². The maximum absolute atomic E-state index is 12.2. The van der Waals surface area contributed by atoms with E-state index in [2.05, 4.69) is 10.9 Å². The number of nitrogens with one attached hydrogen (secondary N) is 2. The molecule has 29 heavy (non-hydrogen) atoms. The van der Waals surface area contributed by atoms with Gasteiger partial charge < -0.3 is 13.9 Å². The van der Waals surface area contributed by atoms with Gasteiger partial charge in [0.1, 0.15) is 23.9 Å². The third-order valence-electron chi connectivity index (χ3n) is 3.87. The standard InChI is InChI=1S/C22H22N2O5/c1-2-13-27-18-10-6-7-16(14-18)21(25)23-24-22(26)20-12-11-19(29-20)15-28-17-8-4-3-5-9-17/h3-12,14H,2,13,15H2,1H3,(H,23,25)(H,24,26). The molecule has 1 heterocycles. The third kappa shape index (κ3) is 5.87. The number of para-hydroxylation sites is 1. The van der Waals surface area contributed by atoms with Crippen molar-refractivity contribution in [2.45, 2.75) is 20.0 Å². The zero-order chi connectivity index (χ0) is 20.5. The predicted molar refractivity (Wildman–Crippen MR) is 107 cm³/mol. The van der Waals surface area contributed by atoms with Gasteiger partial charge in [0.2, 0.25) is 0 Å². The van der Waals surface area contributed by atoms with Gasteiger partial charge in [0.15, 0.2) is 5.76 Å². The van der Waals surface area contributed by atoms with E-state index in [0.29, 0.717) is 29.4 Å². The minimum Gasteiger partial charge on any atom is -0.494 e. The fraction of sp³-hybridized carbons (Fsp3) is 0.182. The van der Waals surface area contributed by atoms with Crippen LogP contribution in [0, 0.1) is 0 Å². The number of ether oxygens (including phenoxy) is 2. The van der Waals surface area contributed by atoms with Crippen LogP contribution in [0.5, 0.6) is 11.5 Å². The second-order valence-corrected chi connectivity index (χ2v) is 6.15. The summed E-state index contributed by atoms with van der Waals surface area (Å²) in [6.07, 6.45) is 0.869. The van der Waals surface area contributed by atoms with Crippen LogP contribution in [-0.2, 0) is 6.61 Å². The van der Waals surface area contributed by atoms with Crippen LogP contribution in [0.25, 0.3) is 0 Å². The van der Waals surface area contributed by atoms with Crippen molar-refractivity contribution in [3.8, 4) is 11.5 Å². The minimum atomic E-state index is -0.567. The second kappa shape index (κ2) is 9.98. The van der Waals surface area contributed by atoms with Gasteiger partial charge in [-0.2, -0.15) is 0 Å². The highest BCUT2D eigenvalue weighted by Gasteiger charge is 2.14. The van der Waals surface area contributed by atoms with E-state index in [1.165, 1.54) is 6.07 Å². The SMILES string of the molecule is CCCOc1cccc(C(=O)NNC(=O)c2ccc(COc3ccccc3)o2)c1. The number of hydrogen-bond donors (Lipinski definition) is 2. The van der Waals surface area contributed by atoms with Crippen molar-refractivity contribution in [1.29, 1.82) is 0 Å². The van der Waals surface area contributed by atoms with Gasteiger partial charge in [-0.3, -0.25) is 20.4 Å². The molecule has 3 aromatic rings. The second-order valence-electron chi connectivity index (χ2n) is 6.15. The summed E-state index contributed by atoms with van der Waals surface area (Å²) in [6, 6.07) is 19.2. The van der Waals surface area contributed by atoms with E-state index >= 15 is 0 Å². The Bertz CT molecular complexity index is 953. The van der Waals surface area contributed by atoms with Crippen LogP contribution >= 0.6 is 0 Å². The Balaban J connectivity index is 1.50. The Morgan fingerprint density at radius 3 is 2.41 bits per heavy atom. The minimum absolute atomic E-state index is 0.0667. The highest BCUT2D eigenvalue weighted by molar-refractivity contribution is 5.98. The molecule has 7 nitrogen and oxygen atoms in total. The molecule has 2 aromatic carbocycles. The molecule has 7 heteroatoms. The van der Waals surface area contributed by atoms with Crippen molar-refractivity contribution >= 4 is 11.8 Å². The van der Waals surface area contributed by atoms with Gasteiger partial charge in [0.05, 0.1) is 6.61 Å². The lowest BCUT2D eigenvalue weighted by Gasteiger charge is -2.08. The summed E-state index contributed by atoms with van der Waals surface area (Å²) in [4.78, 5) is 24.4. The lowest BCUT2D eigenvalue weighted by atomic mass is 10.2. The molecule has 0 saturated carbocycles. The summed E-state index contributed by atoms with van der Waals surface area (Å²) < 4.78 is 16.5. The smallest absolute Gasteiger partial charge is 0.305 e. The van der Waals surface area contributed by atoms with E-state index in [1.807, 2.05) is 37.3 Å². The summed E-state index contributed by atoms with van der Waals surface area (Å²) in [7, 11) is 0. The van der Waals surface area contributed by atoms with Crippen LogP contribution in [0.3, 0.4) is 0 Å². The summed E-state index contributed by atoms with van der Waals surface area (Å²) in [6.45, 7) is 2.75. The van der Waals surface area contributed by atoms with E-state index in [0.717, 1.165) is 6.42 Å². The van der Waals surface area contributed by atoms with Gasteiger partial charge in [0, 0.05) is 5.56 Å². The van der Waals surface area contributed by atoms with Crippen molar-refractivity contribution < 1.29 is 23.5 Å². The molecule has 0 radical (unpaired) electrons. The number of rotatable bonds is 8. The molecule has 2 amide bonds. The molecular weight excluding hydrogens is 372 g/mol. The molecule has 150 valence electrons. The van der Waals surface area contributed by atoms with Crippen LogP contribution < -0.4 is 20.3 Å². The van der Waals surface area contributed by atoms with E-state index in [4.69, 9.17) is 13.9 Å². The molecule has 0 spiro atoms. The fourth-order valence-electron chi connectivity index (χ4n) is 2.44. The van der Waals surface area contributed by atoms with Crippen LogP contribution in [0.2, 0.25) is 0 Å². The van der Waals surface area contributed by atoms with E-state index in [1.54, 1.807) is 30.3 Å². The summed E-state index contributed by atoms with van der Waals surface area (Å²) in [5.74, 6) is 0.831. The first-order valence-electron chi connectivity index (χ1n) is 9.26. The van der Waals surface area contributed by atoms with Crippen LogP contribution in [0.1, 0.15) is 40.0 Å². The molecule has 3 rings (SSSR count). The summed E-state index contributed by atoms with van der Waals surface area (Å²) in [5, 5.41) is 0. The fourth-order valence-corrected chi connectivity index (χ4v) is 2.44. The van der Waals surface area contributed by atoms with Gasteiger partial charge in [-0.05, 0) is 48.9 Å². The first-order chi connectivity index (χ1) is 14.2. The number of amides is 2. The highest BCUT2D eigenvalue weighted by atomic mass is 16.5. The molecule has 1 aromatic heterocycles. The highest BCUT2D eigenvalue weighted by Crippen LogP contribution is 2.15. The Labute approximate surface area is 168 Å². The Morgan fingerprint density at radius 2 is 1.62 bits per heavy atom. The monoisotopic (exact) mass is 394 g/mol. The molecule has 0 bridgehead atoms. The molecule has 0 saturated heterocycles. The summed E-state index contributed by atoms with van der Waals surface area (Å²) in [5.41, 5.74) is 5.07. The lowest BCUT2D eigenvalue weighted by Crippen LogP contribution is -2.41. The summed E-state index contributed by atoms with van der Waals surface area (Å²) >= 11 is 0. The number of carbonyl (C=O) groups excluding carboxylic acids is 2. The average molecular weight is 394 g/mol. The number of carbonyl (C=O) groups is 2. The molecular formula is C22H22N2O5. The maximum atomic E-state index is 12.2. The lowest BCUT2D eigenvalue weighted by molar-refractivity contribution is 0.0828. The first-order valence-corrected chi connectivity index (χ1v) is 9.26. The van der Waals surface area contributed by atoms with Crippen molar-refractivity contribution in [1.82, 2.24) is 10.9 Å². The van der Waals surface area contributed by atoms with Gasteiger partial charge in [-0.25, -0.2) is 0 Å². The van der Waals surface area contributed by atoms with E-state index < -0.39 is 11.8 Å². The number of benzene rings is 2. The number of hydrogen-bond acceptors (Lipinski definition) is 5. The van der Waals surface area contributed by atoms with Crippen LogP contribution in [0.15, 0.2) is 71.1 Å². The first kappa shape index (κ1) is 20.0. The molecule has 0 aliphatic heterocycles. The van der Waals surface area contributed by atoms with E-state index in [9.17, 15) is 9.59 Å². The van der Waals surface area contributed by atoms with Crippen LogP contribution in [0.4, 0.5) is 0 Å². The van der Waals surface area contributed by atoms with Crippen molar-refractivity contribution in [2.75, 3.05) is 6.61 Å². The predicted octanol–water partition coefficient (Wildman–Crippen LogP) is 3.72. The molecule has 0 unspecified atom stereocenters. The average Bonchev–Trinajstić information content (AvgIpc) is 3.24. The van der Waals surface area contributed by atoms with Crippen molar-refractivity contribution in [3.63, 3.8) is 0 Å².